The van der Waals surface area contributed by atoms with E-state index in [1.54, 1.807) is 12.1 Å². The Balaban J connectivity index is 1.35. The third-order valence-electron chi connectivity index (χ3n) is 6.23. The average molecular weight is 629 g/mol. The predicted octanol–water partition coefficient (Wildman–Crippen LogP) is 7.33. The molecule has 0 saturated carbocycles. The first-order chi connectivity index (χ1) is 18.4. The Kier molecular flexibility index (Phi) is 8.53. The monoisotopic (exact) mass is 627 g/mol. The summed E-state index contributed by atoms with van der Waals surface area (Å²) in [7, 11) is 0. The summed E-state index contributed by atoms with van der Waals surface area (Å²) in [4.78, 5) is 17.9. The molecule has 6 nitrogen and oxygen atoms in total. The molecule has 0 bridgehead atoms. The van der Waals surface area contributed by atoms with Crippen LogP contribution in [0.2, 0.25) is 10.0 Å². The van der Waals surface area contributed by atoms with Gasteiger partial charge in [-0.05, 0) is 54.3 Å². The van der Waals surface area contributed by atoms with Crippen LogP contribution in [0.15, 0.2) is 76.4 Å². The van der Waals surface area contributed by atoms with Crippen LogP contribution in [0.25, 0.3) is 22.1 Å². The third-order valence-corrected chi connectivity index (χ3v) is 8.56. The number of nitrogens with zero attached hydrogens (tertiary/aromatic N) is 4. The highest BCUT2D eigenvalue weighted by atomic mass is 79.9. The lowest BCUT2D eigenvalue weighted by atomic mass is 10.1. The van der Waals surface area contributed by atoms with Gasteiger partial charge in [-0.25, -0.2) is 4.98 Å². The van der Waals surface area contributed by atoms with Gasteiger partial charge in [0.15, 0.2) is 5.65 Å². The van der Waals surface area contributed by atoms with Crippen LogP contribution < -0.4 is 5.32 Å². The number of hydrogen-bond acceptors (Lipinski definition) is 5. The van der Waals surface area contributed by atoms with Gasteiger partial charge >= 0.3 is 0 Å². The Bertz CT molecular complexity index is 1610. The second kappa shape index (κ2) is 12.0. The third kappa shape index (κ3) is 5.99. The Hall–Kier alpha value is -2.65. The van der Waals surface area contributed by atoms with E-state index in [1.807, 2.05) is 43.3 Å². The lowest BCUT2D eigenvalue weighted by molar-refractivity contribution is -0.120. The lowest BCUT2D eigenvalue weighted by Crippen LogP contribution is -2.34. The molecular weight excluding hydrogens is 605 g/mol. The summed E-state index contributed by atoms with van der Waals surface area (Å²) in [5.41, 5.74) is 4.63. The molecule has 38 heavy (non-hydrogen) atoms. The molecule has 0 fully saturated rings. The first-order valence-corrected chi connectivity index (χ1v) is 14.6. The fourth-order valence-electron chi connectivity index (χ4n) is 4.28. The van der Waals surface area contributed by atoms with E-state index in [1.165, 1.54) is 11.8 Å². The summed E-state index contributed by atoms with van der Waals surface area (Å²) >= 11 is 17.1. The number of aromatic nitrogens is 4. The summed E-state index contributed by atoms with van der Waals surface area (Å²) in [5, 5.41) is 14.2. The normalized spacial score (nSPS) is 12.2. The number of benzene rings is 3. The fourth-order valence-corrected chi connectivity index (χ4v) is 5.89. The van der Waals surface area contributed by atoms with E-state index in [2.05, 4.69) is 54.2 Å². The molecule has 2 aromatic heterocycles. The van der Waals surface area contributed by atoms with E-state index in [9.17, 15) is 4.79 Å². The molecule has 5 rings (SSSR count). The molecule has 1 unspecified atom stereocenters. The average Bonchev–Trinajstić information content (AvgIpc) is 3.22. The second-order valence-corrected chi connectivity index (χ2v) is 11.7. The van der Waals surface area contributed by atoms with Crippen LogP contribution in [0, 0.1) is 0 Å². The number of hydrogen-bond donors (Lipinski definition) is 1. The van der Waals surface area contributed by atoms with E-state index < -0.39 is 0 Å². The fraction of sp³-hybridized carbons (Fsp3) is 0.214. The zero-order valence-corrected chi connectivity index (χ0v) is 24.4. The summed E-state index contributed by atoms with van der Waals surface area (Å²) in [6.07, 6.45) is 1.24. The SMILES string of the molecule is CCC(Sc1nnc2c3ccccc3n(Cc3ccc(Br)cc3)c2n1)C(=O)NCCc1ccc(Cl)cc1Cl. The summed E-state index contributed by atoms with van der Waals surface area (Å²) in [6, 6.07) is 21.7. The molecule has 0 spiro atoms. The number of halogens is 3. The molecule has 0 aliphatic heterocycles. The molecule has 0 saturated heterocycles. The number of amides is 1. The van der Waals surface area contributed by atoms with Crippen molar-refractivity contribution >= 4 is 78.9 Å². The first-order valence-electron chi connectivity index (χ1n) is 12.2. The molecule has 5 aromatic rings. The van der Waals surface area contributed by atoms with Gasteiger partial charge in [0, 0.05) is 33.0 Å². The highest BCUT2D eigenvalue weighted by Crippen LogP contribution is 2.30. The number of para-hydroxylation sites is 1. The number of nitrogens with one attached hydrogen (secondary N) is 1. The summed E-state index contributed by atoms with van der Waals surface area (Å²) in [6.45, 7) is 3.09. The zero-order valence-electron chi connectivity index (χ0n) is 20.5. The van der Waals surface area contributed by atoms with Crippen LogP contribution in [0.1, 0.15) is 24.5 Å². The molecule has 1 atom stereocenters. The standard InChI is InChI=1S/C28H24BrCl2N5OS/c1-2-24(27(37)32-14-13-18-9-12-20(30)15-22(18)31)38-28-33-26-25(34-35-28)21-5-3-4-6-23(21)36(26)16-17-7-10-19(29)11-8-17/h3-12,15,24H,2,13-14,16H2,1H3,(H,32,37). The quantitative estimate of drug-likeness (QED) is 0.173. The van der Waals surface area contributed by atoms with Crippen molar-refractivity contribution in [2.24, 2.45) is 0 Å². The topological polar surface area (TPSA) is 72.7 Å². The zero-order chi connectivity index (χ0) is 26.6. The van der Waals surface area contributed by atoms with Crippen LogP contribution >= 0.6 is 50.9 Å². The van der Waals surface area contributed by atoms with Crippen LogP contribution in [-0.2, 0) is 17.8 Å². The van der Waals surface area contributed by atoms with E-state index in [4.69, 9.17) is 28.2 Å². The van der Waals surface area contributed by atoms with Crippen molar-refractivity contribution in [2.75, 3.05) is 6.54 Å². The molecule has 0 aliphatic rings. The van der Waals surface area contributed by atoms with Crippen molar-refractivity contribution in [3.8, 4) is 0 Å². The second-order valence-electron chi connectivity index (χ2n) is 8.79. The Morgan fingerprint density at radius 2 is 1.87 bits per heavy atom. The lowest BCUT2D eigenvalue weighted by Gasteiger charge is -2.14. The summed E-state index contributed by atoms with van der Waals surface area (Å²) < 4.78 is 3.19. The maximum absolute atomic E-state index is 13.0. The highest BCUT2D eigenvalue weighted by Gasteiger charge is 2.21. The van der Waals surface area contributed by atoms with Gasteiger partial charge < -0.3 is 9.88 Å². The molecule has 10 heteroatoms. The van der Waals surface area contributed by atoms with E-state index in [-0.39, 0.29) is 11.2 Å². The Morgan fingerprint density at radius 1 is 1.08 bits per heavy atom. The van der Waals surface area contributed by atoms with Crippen LogP contribution in [0.5, 0.6) is 0 Å². The number of thioether (sulfide) groups is 1. The van der Waals surface area contributed by atoms with Crippen LogP contribution in [0.3, 0.4) is 0 Å². The molecule has 1 amide bonds. The van der Waals surface area contributed by atoms with E-state index >= 15 is 0 Å². The Labute approximate surface area is 243 Å². The number of carbonyl (C=O) groups excluding carboxylic acids is 1. The van der Waals surface area contributed by atoms with Crippen molar-refractivity contribution in [1.82, 2.24) is 25.1 Å². The highest BCUT2D eigenvalue weighted by molar-refractivity contribution is 9.10. The Morgan fingerprint density at radius 3 is 2.63 bits per heavy atom. The van der Waals surface area contributed by atoms with Gasteiger partial charge in [0.25, 0.3) is 0 Å². The van der Waals surface area contributed by atoms with Crippen molar-refractivity contribution in [1.29, 1.82) is 0 Å². The van der Waals surface area contributed by atoms with Gasteiger partial charge in [-0.2, -0.15) is 0 Å². The van der Waals surface area contributed by atoms with Crippen LogP contribution in [0.4, 0.5) is 0 Å². The molecular formula is C28H24BrCl2N5OS. The minimum absolute atomic E-state index is 0.0679. The molecule has 0 radical (unpaired) electrons. The maximum Gasteiger partial charge on any atom is 0.233 e. The molecule has 3 aromatic carbocycles. The van der Waals surface area contributed by atoms with Gasteiger partial charge in [0.2, 0.25) is 11.1 Å². The summed E-state index contributed by atoms with van der Waals surface area (Å²) in [5.74, 6) is -0.0679. The first kappa shape index (κ1) is 26.9. The minimum Gasteiger partial charge on any atom is -0.355 e. The maximum atomic E-state index is 13.0. The van der Waals surface area contributed by atoms with Gasteiger partial charge in [-0.3, -0.25) is 4.79 Å². The molecule has 1 N–H and O–H groups in total. The number of rotatable bonds is 9. The molecule has 2 heterocycles. The van der Waals surface area contributed by atoms with Crippen molar-refractivity contribution < 1.29 is 4.79 Å². The number of fused-ring (bicyclic) bond motifs is 3. The van der Waals surface area contributed by atoms with Crippen molar-refractivity contribution in [2.45, 2.75) is 36.7 Å². The minimum atomic E-state index is -0.348. The molecule has 194 valence electrons. The van der Waals surface area contributed by atoms with E-state index in [0.29, 0.717) is 41.1 Å². The number of carbonyl (C=O) groups is 1. The van der Waals surface area contributed by atoms with E-state index in [0.717, 1.165) is 37.7 Å². The van der Waals surface area contributed by atoms with Gasteiger partial charge in [-0.15, -0.1) is 10.2 Å². The van der Waals surface area contributed by atoms with Gasteiger partial charge in [-0.1, -0.05) is 94.2 Å². The molecule has 0 aliphatic carbocycles. The predicted molar refractivity (Wildman–Crippen MR) is 159 cm³/mol. The van der Waals surface area contributed by atoms with Crippen molar-refractivity contribution in [3.05, 3.63) is 92.4 Å². The van der Waals surface area contributed by atoms with Crippen molar-refractivity contribution in [3.63, 3.8) is 0 Å². The largest absolute Gasteiger partial charge is 0.355 e. The van der Waals surface area contributed by atoms with Gasteiger partial charge in [0.05, 0.1) is 10.8 Å². The van der Waals surface area contributed by atoms with Gasteiger partial charge in [0.1, 0.15) is 5.52 Å². The van der Waals surface area contributed by atoms with Crippen LogP contribution in [-0.4, -0.2) is 37.5 Å². The smallest absolute Gasteiger partial charge is 0.233 e.